The van der Waals surface area contributed by atoms with Crippen LogP contribution >= 0.6 is 0 Å². The van der Waals surface area contributed by atoms with E-state index in [-0.39, 0.29) is 29.3 Å². The second-order valence-corrected chi connectivity index (χ2v) is 8.92. The van der Waals surface area contributed by atoms with Crippen LogP contribution in [0.3, 0.4) is 0 Å². The van der Waals surface area contributed by atoms with Gasteiger partial charge in [0.2, 0.25) is 10.0 Å². The molecule has 0 N–H and O–H groups in total. The summed E-state index contributed by atoms with van der Waals surface area (Å²) < 4.78 is 38.3. The van der Waals surface area contributed by atoms with Crippen LogP contribution in [0, 0.1) is 0 Å². The number of carbonyl (C=O) groups is 1. The van der Waals surface area contributed by atoms with Crippen molar-refractivity contribution < 1.29 is 22.7 Å². The Labute approximate surface area is 166 Å². The molecule has 28 heavy (non-hydrogen) atoms. The van der Waals surface area contributed by atoms with Crippen LogP contribution in [0.25, 0.3) is 0 Å². The van der Waals surface area contributed by atoms with Crippen LogP contribution in [-0.2, 0) is 25.9 Å². The fraction of sp³-hybridized carbons (Fsp3) is 0.381. The molecule has 150 valence electrons. The number of nitrogens with zero attached hydrogens (tertiary/aromatic N) is 1. The maximum Gasteiger partial charge on any atom is 0.338 e. The minimum Gasteiger partial charge on any atom is -0.462 e. The van der Waals surface area contributed by atoms with Gasteiger partial charge in [-0.25, -0.2) is 13.2 Å². The molecule has 6 nitrogen and oxygen atoms in total. The summed E-state index contributed by atoms with van der Waals surface area (Å²) in [5.41, 5.74) is 1.30. The van der Waals surface area contributed by atoms with Crippen LogP contribution in [0.5, 0.6) is 0 Å². The van der Waals surface area contributed by atoms with Gasteiger partial charge in [0.05, 0.1) is 29.3 Å². The van der Waals surface area contributed by atoms with E-state index in [0.717, 1.165) is 5.56 Å². The summed E-state index contributed by atoms with van der Waals surface area (Å²) in [7, 11) is -3.70. The molecule has 1 saturated heterocycles. The van der Waals surface area contributed by atoms with E-state index in [2.05, 4.69) is 0 Å². The molecular weight excluding hydrogens is 378 g/mol. The van der Waals surface area contributed by atoms with E-state index in [9.17, 15) is 13.2 Å². The Balaban J connectivity index is 1.68. The molecule has 0 spiro atoms. The summed E-state index contributed by atoms with van der Waals surface area (Å²) in [5.74, 6) is -0.531. The number of esters is 1. The van der Waals surface area contributed by atoms with Crippen LogP contribution in [-0.4, -0.2) is 50.6 Å². The number of hydrogen-bond donors (Lipinski definition) is 0. The number of ether oxygens (including phenoxy) is 2. The van der Waals surface area contributed by atoms with E-state index >= 15 is 0 Å². The van der Waals surface area contributed by atoms with Crippen LogP contribution in [0.4, 0.5) is 0 Å². The van der Waals surface area contributed by atoms with Gasteiger partial charge in [0.25, 0.3) is 0 Å². The minimum absolute atomic E-state index is 0.0892. The van der Waals surface area contributed by atoms with Gasteiger partial charge >= 0.3 is 5.97 Å². The Morgan fingerprint density at radius 3 is 2.43 bits per heavy atom. The molecule has 0 bridgehead atoms. The molecule has 1 aliphatic rings. The summed E-state index contributed by atoms with van der Waals surface area (Å²) in [6.45, 7) is 4.51. The number of sulfonamides is 1. The van der Waals surface area contributed by atoms with Crippen molar-refractivity contribution in [3.8, 4) is 0 Å². The van der Waals surface area contributed by atoms with Crippen LogP contribution in [0.15, 0.2) is 59.5 Å². The molecule has 0 aliphatic carbocycles. The summed E-state index contributed by atoms with van der Waals surface area (Å²) in [6.07, 6.45) is 0.253. The van der Waals surface area contributed by atoms with Gasteiger partial charge < -0.3 is 9.47 Å². The minimum atomic E-state index is -3.70. The highest BCUT2D eigenvalue weighted by Crippen LogP contribution is 2.22. The third kappa shape index (κ3) is 4.98. The standard InChI is InChI=1S/C21H25NO5S/c1-16-14-22(15-17(2)27-16)28(24,25)20-10-6-9-19(13-20)21(23)26-12-11-18-7-4-3-5-8-18/h3-10,13,16-17H,11-12,14-15H2,1-2H3/t16-,17-/m0/s1. The summed E-state index contributed by atoms with van der Waals surface area (Å²) in [5, 5.41) is 0. The molecule has 2 aromatic rings. The van der Waals surface area contributed by atoms with Gasteiger partial charge in [0.1, 0.15) is 0 Å². The van der Waals surface area contributed by atoms with Gasteiger partial charge in [-0.05, 0) is 37.6 Å². The average molecular weight is 404 g/mol. The van der Waals surface area contributed by atoms with Crippen molar-refractivity contribution in [3.05, 3.63) is 65.7 Å². The molecule has 1 aliphatic heterocycles. The molecule has 0 unspecified atom stereocenters. The normalized spacial score (nSPS) is 20.6. The largest absolute Gasteiger partial charge is 0.462 e. The van der Waals surface area contributed by atoms with Gasteiger partial charge in [-0.1, -0.05) is 36.4 Å². The zero-order valence-electron chi connectivity index (χ0n) is 16.1. The van der Waals surface area contributed by atoms with E-state index < -0.39 is 16.0 Å². The van der Waals surface area contributed by atoms with Crippen molar-refractivity contribution >= 4 is 16.0 Å². The predicted octanol–water partition coefficient (Wildman–Crippen LogP) is 2.88. The lowest BCUT2D eigenvalue weighted by Crippen LogP contribution is -2.48. The van der Waals surface area contributed by atoms with Crippen molar-refractivity contribution in [1.82, 2.24) is 4.31 Å². The molecule has 7 heteroatoms. The lowest BCUT2D eigenvalue weighted by atomic mass is 10.2. The molecule has 0 radical (unpaired) electrons. The number of rotatable bonds is 6. The first-order valence-electron chi connectivity index (χ1n) is 9.33. The molecule has 0 amide bonds. The number of benzene rings is 2. The first-order valence-corrected chi connectivity index (χ1v) is 10.8. The van der Waals surface area contributed by atoms with Gasteiger partial charge in [0.15, 0.2) is 0 Å². The molecule has 0 aromatic heterocycles. The summed E-state index contributed by atoms with van der Waals surface area (Å²) >= 11 is 0. The molecule has 3 rings (SSSR count). The molecule has 0 saturated carbocycles. The van der Waals surface area contributed by atoms with E-state index in [1.165, 1.54) is 16.4 Å². The van der Waals surface area contributed by atoms with Crippen molar-refractivity contribution in [2.75, 3.05) is 19.7 Å². The highest BCUT2D eigenvalue weighted by Gasteiger charge is 2.32. The lowest BCUT2D eigenvalue weighted by Gasteiger charge is -2.34. The molecular formula is C21H25NO5S. The fourth-order valence-corrected chi connectivity index (χ4v) is 4.89. The second-order valence-electron chi connectivity index (χ2n) is 6.98. The van der Waals surface area contributed by atoms with E-state index in [1.807, 2.05) is 44.2 Å². The van der Waals surface area contributed by atoms with Gasteiger partial charge in [0, 0.05) is 19.5 Å². The van der Waals surface area contributed by atoms with Crippen molar-refractivity contribution in [3.63, 3.8) is 0 Å². The number of carbonyl (C=O) groups excluding carboxylic acids is 1. The first kappa shape index (κ1) is 20.5. The number of morpholine rings is 1. The Morgan fingerprint density at radius 1 is 1.07 bits per heavy atom. The smallest absolute Gasteiger partial charge is 0.338 e. The highest BCUT2D eigenvalue weighted by atomic mass is 32.2. The maximum atomic E-state index is 13.0. The Morgan fingerprint density at radius 2 is 1.75 bits per heavy atom. The average Bonchev–Trinajstić information content (AvgIpc) is 2.68. The molecule has 2 aromatic carbocycles. The summed E-state index contributed by atoms with van der Waals surface area (Å²) in [4.78, 5) is 12.4. The predicted molar refractivity (Wildman–Crippen MR) is 106 cm³/mol. The zero-order valence-corrected chi connectivity index (χ0v) is 16.9. The molecule has 2 atom stereocenters. The van der Waals surface area contributed by atoms with Gasteiger partial charge in [-0.3, -0.25) is 0 Å². The third-order valence-electron chi connectivity index (χ3n) is 4.56. The fourth-order valence-electron chi connectivity index (χ4n) is 3.25. The van der Waals surface area contributed by atoms with Gasteiger partial charge in [-0.15, -0.1) is 0 Å². The second kappa shape index (κ2) is 8.86. The van der Waals surface area contributed by atoms with Crippen LogP contribution < -0.4 is 0 Å². The number of hydrogen-bond acceptors (Lipinski definition) is 5. The zero-order chi connectivity index (χ0) is 20.1. The van der Waals surface area contributed by atoms with Crippen molar-refractivity contribution in [1.29, 1.82) is 0 Å². The van der Waals surface area contributed by atoms with E-state index in [0.29, 0.717) is 19.5 Å². The topological polar surface area (TPSA) is 72.9 Å². The first-order chi connectivity index (χ1) is 13.4. The van der Waals surface area contributed by atoms with E-state index in [1.54, 1.807) is 12.1 Å². The highest BCUT2D eigenvalue weighted by molar-refractivity contribution is 7.89. The quantitative estimate of drug-likeness (QED) is 0.694. The van der Waals surface area contributed by atoms with E-state index in [4.69, 9.17) is 9.47 Å². The van der Waals surface area contributed by atoms with Crippen LogP contribution in [0.1, 0.15) is 29.8 Å². The van der Waals surface area contributed by atoms with Gasteiger partial charge in [-0.2, -0.15) is 4.31 Å². The Bertz CT molecular complexity index is 903. The van der Waals surface area contributed by atoms with Crippen molar-refractivity contribution in [2.24, 2.45) is 0 Å². The van der Waals surface area contributed by atoms with Crippen LogP contribution in [0.2, 0.25) is 0 Å². The molecule has 1 fully saturated rings. The van der Waals surface area contributed by atoms with Crippen molar-refractivity contribution in [2.45, 2.75) is 37.4 Å². The third-order valence-corrected chi connectivity index (χ3v) is 6.39. The Kier molecular flexibility index (Phi) is 6.49. The SMILES string of the molecule is C[C@H]1CN(S(=O)(=O)c2cccc(C(=O)OCCc3ccccc3)c2)C[C@H](C)O1. The Hall–Kier alpha value is -2.22. The monoisotopic (exact) mass is 403 g/mol. The summed E-state index contributed by atoms with van der Waals surface area (Å²) in [6, 6.07) is 15.7. The lowest BCUT2D eigenvalue weighted by molar-refractivity contribution is -0.0440. The molecule has 1 heterocycles. The maximum absolute atomic E-state index is 13.0.